The van der Waals surface area contributed by atoms with Gasteiger partial charge in [-0.05, 0) is 49.4 Å². The Hall–Kier alpha value is -2.76. The van der Waals surface area contributed by atoms with Crippen LogP contribution in [0.1, 0.15) is 17.3 Å². The molecule has 2 aromatic rings. The van der Waals surface area contributed by atoms with Crippen LogP contribution in [-0.4, -0.2) is 19.2 Å². The zero-order valence-corrected chi connectivity index (χ0v) is 12.1. The molecule has 0 aromatic heterocycles. The monoisotopic (exact) mass is 304 g/mol. The molecule has 4 nitrogen and oxygen atoms in total. The number of hydrogen-bond donors (Lipinski definition) is 0. The molecule has 22 heavy (non-hydrogen) atoms. The Morgan fingerprint density at radius 3 is 2.36 bits per heavy atom. The van der Waals surface area contributed by atoms with E-state index in [1.54, 1.807) is 31.2 Å². The molecule has 0 spiro atoms. The summed E-state index contributed by atoms with van der Waals surface area (Å²) in [5.74, 6) is -2.03. The molecule has 0 aliphatic carbocycles. The highest BCUT2D eigenvalue weighted by molar-refractivity contribution is 6.06. The van der Waals surface area contributed by atoms with Crippen LogP contribution >= 0.6 is 0 Å². The van der Waals surface area contributed by atoms with E-state index in [2.05, 4.69) is 5.10 Å². The van der Waals surface area contributed by atoms with Crippen LogP contribution in [0.15, 0.2) is 47.6 Å². The lowest BCUT2D eigenvalue weighted by molar-refractivity contribution is 0.0987. The average molecular weight is 304 g/mol. The van der Waals surface area contributed by atoms with E-state index >= 15 is 0 Å². The van der Waals surface area contributed by atoms with Crippen LogP contribution in [0, 0.1) is 11.6 Å². The molecule has 0 saturated heterocycles. The Kier molecular flexibility index (Phi) is 4.83. The van der Waals surface area contributed by atoms with Gasteiger partial charge < -0.3 is 4.74 Å². The first-order chi connectivity index (χ1) is 10.6. The standard InChI is InChI=1S/C16H14F2N2O2/c1-3-19-20(12-5-7-13(22-2)8-6-12)16(21)11-4-9-14(17)15(18)10-11/h3-10H,1-2H3/b19-3-. The van der Waals surface area contributed by atoms with E-state index in [4.69, 9.17) is 4.74 Å². The first-order valence-corrected chi connectivity index (χ1v) is 6.49. The fourth-order valence-electron chi connectivity index (χ4n) is 1.83. The van der Waals surface area contributed by atoms with Crippen molar-refractivity contribution in [2.75, 3.05) is 12.1 Å². The van der Waals surface area contributed by atoms with Gasteiger partial charge in [0, 0.05) is 11.8 Å². The van der Waals surface area contributed by atoms with E-state index in [0.29, 0.717) is 11.4 Å². The van der Waals surface area contributed by atoms with Gasteiger partial charge >= 0.3 is 0 Å². The number of ether oxygens (including phenoxy) is 1. The number of carbonyl (C=O) groups is 1. The number of carbonyl (C=O) groups excluding carboxylic acids is 1. The smallest absolute Gasteiger partial charge is 0.278 e. The van der Waals surface area contributed by atoms with E-state index < -0.39 is 17.5 Å². The molecule has 0 fully saturated rings. The number of hydrogen-bond acceptors (Lipinski definition) is 3. The minimum atomic E-state index is -1.08. The van der Waals surface area contributed by atoms with Gasteiger partial charge in [0.2, 0.25) is 0 Å². The second-order valence-electron chi connectivity index (χ2n) is 4.32. The molecule has 114 valence electrons. The molecule has 0 bridgehead atoms. The van der Waals surface area contributed by atoms with E-state index in [0.717, 1.165) is 17.1 Å². The number of halogens is 2. The second kappa shape index (κ2) is 6.80. The third kappa shape index (κ3) is 3.28. The van der Waals surface area contributed by atoms with E-state index in [-0.39, 0.29) is 5.56 Å². The van der Waals surface area contributed by atoms with Gasteiger partial charge in [-0.1, -0.05) is 0 Å². The van der Waals surface area contributed by atoms with Crippen LogP contribution in [-0.2, 0) is 0 Å². The predicted octanol–water partition coefficient (Wildman–Crippen LogP) is 3.63. The lowest BCUT2D eigenvalue weighted by Gasteiger charge is -2.17. The molecule has 2 rings (SSSR count). The highest BCUT2D eigenvalue weighted by atomic mass is 19.2. The summed E-state index contributed by atoms with van der Waals surface area (Å²) in [6.45, 7) is 1.65. The summed E-state index contributed by atoms with van der Waals surface area (Å²) in [6, 6.07) is 9.59. The zero-order chi connectivity index (χ0) is 16.1. The summed E-state index contributed by atoms with van der Waals surface area (Å²) in [5, 5.41) is 5.08. The highest BCUT2D eigenvalue weighted by Gasteiger charge is 2.18. The average Bonchev–Trinajstić information content (AvgIpc) is 2.55. The molecular weight excluding hydrogens is 290 g/mol. The van der Waals surface area contributed by atoms with E-state index in [1.165, 1.54) is 19.4 Å². The summed E-state index contributed by atoms with van der Waals surface area (Å²) >= 11 is 0. The number of benzene rings is 2. The topological polar surface area (TPSA) is 41.9 Å². The number of hydrazone groups is 1. The Bertz CT molecular complexity index is 700. The third-order valence-corrected chi connectivity index (χ3v) is 2.91. The van der Waals surface area contributed by atoms with E-state index in [1.807, 2.05) is 0 Å². The Balaban J connectivity index is 2.37. The largest absolute Gasteiger partial charge is 0.497 e. The summed E-state index contributed by atoms with van der Waals surface area (Å²) in [4.78, 5) is 12.4. The molecule has 0 N–H and O–H groups in total. The van der Waals surface area contributed by atoms with Crippen LogP contribution in [0.3, 0.4) is 0 Å². The lowest BCUT2D eigenvalue weighted by atomic mass is 10.2. The summed E-state index contributed by atoms with van der Waals surface area (Å²) in [5.41, 5.74) is 0.481. The van der Waals surface area contributed by atoms with Gasteiger partial charge in [-0.2, -0.15) is 10.1 Å². The summed E-state index contributed by atoms with van der Waals surface area (Å²) in [7, 11) is 1.53. The summed E-state index contributed by atoms with van der Waals surface area (Å²) in [6.07, 6.45) is 1.43. The van der Waals surface area contributed by atoms with Crippen molar-refractivity contribution in [3.05, 3.63) is 59.7 Å². The van der Waals surface area contributed by atoms with Crippen molar-refractivity contribution in [3.8, 4) is 5.75 Å². The Morgan fingerprint density at radius 1 is 1.14 bits per heavy atom. The molecular formula is C16H14F2N2O2. The molecule has 0 aliphatic rings. The first-order valence-electron chi connectivity index (χ1n) is 6.49. The number of methoxy groups -OCH3 is 1. The van der Waals surface area contributed by atoms with Gasteiger partial charge in [0.25, 0.3) is 5.91 Å². The maximum Gasteiger partial charge on any atom is 0.278 e. The molecule has 6 heteroatoms. The zero-order valence-electron chi connectivity index (χ0n) is 12.1. The van der Waals surface area contributed by atoms with Gasteiger partial charge in [-0.15, -0.1) is 0 Å². The van der Waals surface area contributed by atoms with Crippen molar-refractivity contribution >= 4 is 17.8 Å². The van der Waals surface area contributed by atoms with E-state index in [9.17, 15) is 13.6 Å². The van der Waals surface area contributed by atoms with Crippen molar-refractivity contribution in [3.63, 3.8) is 0 Å². The molecule has 0 aliphatic heterocycles. The maximum absolute atomic E-state index is 13.3. The molecule has 1 amide bonds. The SMILES string of the molecule is C/C=N\N(C(=O)c1ccc(F)c(F)c1)c1ccc(OC)cc1. The van der Waals surface area contributed by atoms with Gasteiger partial charge in [-0.3, -0.25) is 4.79 Å². The van der Waals surface area contributed by atoms with Gasteiger partial charge in [0.1, 0.15) is 5.75 Å². The van der Waals surface area contributed by atoms with Crippen molar-refractivity contribution in [1.29, 1.82) is 0 Å². The fraction of sp³-hybridized carbons (Fsp3) is 0.125. The third-order valence-electron chi connectivity index (χ3n) is 2.91. The van der Waals surface area contributed by atoms with Crippen LogP contribution in [0.4, 0.5) is 14.5 Å². The molecule has 0 unspecified atom stereocenters. The molecule has 0 atom stereocenters. The second-order valence-corrected chi connectivity index (χ2v) is 4.32. The molecule has 2 aromatic carbocycles. The predicted molar refractivity (Wildman–Crippen MR) is 80.3 cm³/mol. The normalized spacial score (nSPS) is 10.7. The number of amides is 1. The number of anilines is 1. The molecule has 0 saturated carbocycles. The maximum atomic E-state index is 13.3. The summed E-state index contributed by atoms with van der Waals surface area (Å²) < 4.78 is 31.3. The van der Waals surface area contributed by atoms with Crippen LogP contribution in [0.5, 0.6) is 5.75 Å². The minimum Gasteiger partial charge on any atom is -0.497 e. The van der Waals surface area contributed by atoms with Crippen molar-refractivity contribution in [2.45, 2.75) is 6.92 Å². The Labute approximate surface area is 126 Å². The lowest BCUT2D eigenvalue weighted by Crippen LogP contribution is -2.25. The van der Waals surface area contributed by atoms with Crippen molar-refractivity contribution in [1.82, 2.24) is 0 Å². The van der Waals surface area contributed by atoms with Crippen molar-refractivity contribution in [2.24, 2.45) is 5.10 Å². The highest BCUT2D eigenvalue weighted by Crippen LogP contribution is 2.22. The van der Waals surface area contributed by atoms with Crippen LogP contribution in [0.25, 0.3) is 0 Å². The van der Waals surface area contributed by atoms with Crippen molar-refractivity contribution < 1.29 is 18.3 Å². The first kappa shape index (κ1) is 15.6. The fourth-order valence-corrected chi connectivity index (χ4v) is 1.83. The number of rotatable bonds is 4. The van der Waals surface area contributed by atoms with Gasteiger partial charge in [0.15, 0.2) is 11.6 Å². The Morgan fingerprint density at radius 2 is 1.82 bits per heavy atom. The number of nitrogens with zero attached hydrogens (tertiary/aromatic N) is 2. The van der Waals surface area contributed by atoms with Gasteiger partial charge in [-0.25, -0.2) is 8.78 Å². The quantitative estimate of drug-likeness (QED) is 0.639. The minimum absolute atomic E-state index is 0.000294. The van der Waals surface area contributed by atoms with Crippen LogP contribution in [0.2, 0.25) is 0 Å². The molecule has 0 radical (unpaired) electrons. The molecule has 0 heterocycles. The van der Waals surface area contributed by atoms with Gasteiger partial charge in [0.05, 0.1) is 12.8 Å². The van der Waals surface area contributed by atoms with Crippen LogP contribution < -0.4 is 9.75 Å².